The minimum atomic E-state index is -3.42. The van der Waals surface area contributed by atoms with Gasteiger partial charge in [0.25, 0.3) is 0 Å². The highest BCUT2D eigenvalue weighted by atomic mass is 28.4. The van der Waals surface area contributed by atoms with Crippen LogP contribution in [0.4, 0.5) is 10.5 Å². The highest BCUT2D eigenvalue weighted by molar-refractivity contribution is 6.55. The van der Waals surface area contributed by atoms with Crippen LogP contribution in [0.15, 0.2) is 30.3 Å². The first kappa shape index (κ1) is 16.6. The molecule has 0 atom stereocenters. The molecule has 0 radical (unpaired) electrons. The molecule has 0 aromatic heterocycles. The topological polar surface area (TPSA) is 66.0 Å². The molecule has 0 aliphatic rings. The van der Waals surface area contributed by atoms with Gasteiger partial charge in [-0.3, -0.25) is 5.32 Å². The van der Waals surface area contributed by atoms with Crippen LogP contribution in [0.2, 0.25) is 0 Å². The highest BCUT2D eigenvalue weighted by Gasteiger charge is 2.49. The summed E-state index contributed by atoms with van der Waals surface area (Å²) in [6, 6.07) is 9.00. The van der Waals surface area contributed by atoms with E-state index < -0.39 is 15.1 Å². The number of rotatable bonds is 8. The molecule has 20 heavy (non-hydrogen) atoms. The summed E-state index contributed by atoms with van der Waals surface area (Å²) in [6.07, 6.45) is -0.654. The molecule has 0 heterocycles. The zero-order chi connectivity index (χ0) is 14.8. The molecule has 1 aromatic rings. The van der Waals surface area contributed by atoms with Crippen LogP contribution in [-0.2, 0) is 17.7 Å². The third-order valence-electron chi connectivity index (χ3n) is 2.20. The molecule has 0 bridgehead atoms. The SMILES string of the molecule is CCO[Si](OCC)(OCC)OC(=O)Nc1ccccc1. The van der Waals surface area contributed by atoms with E-state index in [0.717, 1.165) is 0 Å². The van der Waals surface area contributed by atoms with Crippen molar-refractivity contribution in [3.8, 4) is 0 Å². The Morgan fingerprint density at radius 1 is 1.00 bits per heavy atom. The molecular weight excluding hydrogens is 278 g/mol. The standard InChI is InChI=1S/C13H21NO5Si/c1-4-16-20(17-5-2,18-6-3)19-13(15)14-12-10-8-7-9-11-12/h7-11H,4-6H2,1-3H3,(H,14,15). The van der Waals surface area contributed by atoms with Gasteiger partial charge in [-0.25, -0.2) is 4.79 Å². The van der Waals surface area contributed by atoms with Crippen molar-refractivity contribution in [3.63, 3.8) is 0 Å². The van der Waals surface area contributed by atoms with Crippen LogP contribution in [-0.4, -0.2) is 35.0 Å². The molecule has 1 aromatic carbocycles. The summed E-state index contributed by atoms with van der Waals surface area (Å²) in [6.45, 7) is 6.38. The Morgan fingerprint density at radius 3 is 1.95 bits per heavy atom. The Labute approximate surface area is 120 Å². The number of para-hydroxylation sites is 1. The van der Waals surface area contributed by atoms with Crippen molar-refractivity contribution in [2.75, 3.05) is 25.1 Å². The number of benzene rings is 1. The minimum Gasteiger partial charge on any atom is -0.435 e. The normalized spacial score (nSPS) is 11.2. The van der Waals surface area contributed by atoms with Gasteiger partial charge in [-0.2, -0.15) is 0 Å². The molecule has 0 saturated carbocycles. The molecular formula is C13H21NO5Si. The molecule has 1 amide bonds. The fraction of sp³-hybridized carbons (Fsp3) is 0.462. The van der Waals surface area contributed by atoms with E-state index in [1.54, 1.807) is 32.9 Å². The maximum absolute atomic E-state index is 11.9. The first-order chi connectivity index (χ1) is 9.65. The third-order valence-corrected chi connectivity index (χ3v) is 4.56. The van der Waals surface area contributed by atoms with E-state index in [1.807, 2.05) is 18.2 Å². The molecule has 1 rings (SSSR count). The lowest BCUT2D eigenvalue weighted by atomic mass is 10.3. The molecule has 0 spiro atoms. The van der Waals surface area contributed by atoms with Crippen LogP contribution >= 0.6 is 0 Å². The zero-order valence-electron chi connectivity index (χ0n) is 12.0. The predicted octanol–water partition coefficient (Wildman–Crippen LogP) is 2.78. The van der Waals surface area contributed by atoms with E-state index in [1.165, 1.54) is 0 Å². The van der Waals surface area contributed by atoms with Gasteiger partial charge in [0.2, 0.25) is 0 Å². The lowest BCUT2D eigenvalue weighted by Gasteiger charge is -2.25. The van der Waals surface area contributed by atoms with E-state index in [-0.39, 0.29) is 0 Å². The minimum absolute atomic E-state index is 0.338. The molecule has 112 valence electrons. The second-order valence-electron chi connectivity index (χ2n) is 3.68. The smallest absolute Gasteiger partial charge is 0.435 e. The van der Waals surface area contributed by atoms with Crippen molar-refractivity contribution in [2.45, 2.75) is 20.8 Å². The van der Waals surface area contributed by atoms with Gasteiger partial charge in [0.05, 0.1) is 0 Å². The zero-order valence-corrected chi connectivity index (χ0v) is 13.0. The van der Waals surface area contributed by atoms with Crippen LogP contribution in [0.1, 0.15) is 20.8 Å². The summed E-state index contributed by atoms with van der Waals surface area (Å²) in [4.78, 5) is 11.9. The number of anilines is 1. The lowest BCUT2D eigenvalue weighted by Crippen LogP contribution is -2.51. The summed E-state index contributed by atoms with van der Waals surface area (Å²) in [7, 11) is -3.42. The second-order valence-corrected chi connectivity index (χ2v) is 5.75. The number of amides is 1. The fourth-order valence-corrected chi connectivity index (χ4v) is 3.29. The van der Waals surface area contributed by atoms with Crippen LogP contribution in [0.5, 0.6) is 0 Å². The average molecular weight is 299 g/mol. The monoisotopic (exact) mass is 299 g/mol. The average Bonchev–Trinajstić information content (AvgIpc) is 2.40. The predicted molar refractivity (Wildman–Crippen MR) is 77.2 cm³/mol. The van der Waals surface area contributed by atoms with Crippen molar-refractivity contribution >= 4 is 20.8 Å². The van der Waals surface area contributed by atoms with E-state index >= 15 is 0 Å². The Hall–Kier alpha value is -1.41. The van der Waals surface area contributed by atoms with Gasteiger partial charge < -0.3 is 17.7 Å². The summed E-state index contributed by atoms with van der Waals surface area (Å²) in [5.74, 6) is 0. The summed E-state index contributed by atoms with van der Waals surface area (Å²) in [5, 5.41) is 2.61. The number of carbonyl (C=O) groups is 1. The number of nitrogens with one attached hydrogen (secondary N) is 1. The maximum Gasteiger partial charge on any atom is 0.752 e. The Balaban J connectivity index is 2.69. The van der Waals surface area contributed by atoms with E-state index in [9.17, 15) is 4.79 Å². The van der Waals surface area contributed by atoms with Crippen LogP contribution < -0.4 is 5.32 Å². The van der Waals surface area contributed by atoms with Crippen molar-refractivity contribution in [3.05, 3.63) is 30.3 Å². The molecule has 7 heteroatoms. The Kier molecular flexibility index (Phi) is 7.24. The van der Waals surface area contributed by atoms with Crippen molar-refractivity contribution in [1.82, 2.24) is 0 Å². The van der Waals surface area contributed by atoms with Crippen LogP contribution in [0, 0.1) is 0 Å². The maximum atomic E-state index is 11.9. The number of carbonyl (C=O) groups excluding carboxylic acids is 1. The summed E-state index contributed by atoms with van der Waals surface area (Å²) >= 11 is 0. The molecule has 1 N–H and O–H groups in total. The Morgan fingerprint density at radius 2 is 1.50 bits per heavy atom. The summed E-state index contributed by atoms with van der Waals surface area (Å²) < 4.78 is 21.6. The van der Waals surface area contributed by atoms with Gasteiger partial charge in [0, 0.05) is 25.5 Å². The van der Waals surface area contributed by atoms with Crippen molar-refractivity contribution in [2.24, 2.45) is 0 Å². The molecule has 0 saturated heterocycles. The lowest BCUT2D eigenvalue weighted by molar-refractivity contribution is -0.00321. The van der Waals surface area contributed by atoms with E-state index in [0.29, 0.717) is 25.5 Å². The van der Waals surface area contributed by atoms with Gasteiger partial charge >= 0.3 is 15.1 Å². The molecule has 0 fully saturated rings. The first-order valence-electron chi connectivity index (χ1n) is 6.62. The van der Waals surface area contributed by atoms with Crippen molar-refractivity contribution in [1.29, 1.82) is 0 Å². The molecule has 0 aliphatic heterocycles. The number of hydrogen-bond acceptors (Lipinski definition) is 5. The van der Waals surface area contributed by atoms with Gasteiger partial charge in [0.15, 0.2) is 0 Å². The van der Waals surface area contributed by atoms with Gasteiger partial charge in [-0.05, 0) is 32.9 Å². The highest BCUT2D eigenvalue weighted by Crippen LogP contribution is 2.14. The first-order valence-corrected chi connectivity index (χ1v) is 8.26. The van der Waals surface area contributed by atoms with Crippen LogP contribution in [0.25, 0.3) is 0 Å². The Bertz CT molecular complexity index is 384. The second kappa shape index (κ2) is 8.70. The fourth-order valence-electron chi connectivity index (χ4n) is 1.52. The number of hydrogen-bond donors (Lipinski definition) is 1. The van der Waals surface area contributed by atoms with Gasteiger partial charge in [-0.15, -0.1) is 0 Å². The van der Waals surface area contributed by atoms with Gasteiger partial charge in [0.1, 0.15) is 0 Å². The largest absolute Gasteiger partial charge is 0.752 e. The third kappa shape index (κ3) is 5.30. The van der Waals surface area contributed by atoms with E-state index in [2.05, 4.69) is 5.32 Å². The van der Waals surface area contributed by atoms with E-state index in [4.69, 9.17) is 17.7 Å². The quantitative estimate of drug-likeness (QED) is 0.748. The summed E-state index contributed by atoms with van der Waals surface area (Å²) in [5.41, 5.74) is 0.630. The molecule has 0 unspecified atom stereocenters. The molecule has 6 nitrogen and oxygen atoms in total. The molecule has 0 aliphatic carbocycles. The van der Waals surface area contributed by atoms with Crippen molar-refractivity contribution < 1.29 is 22.5 Å². The van der Waals surface area contributed by atoms with Gasteiger partial charge in [-0.1, -0.05) is 18.2 Å². The van der Waals surface area contributed by atoms with Crippen LogP contribution in [0.3, 0.4) is 0 Å².